The summed E-state index contributed by atoms with van der Waals surface area (Å²) in [7, 11) is 0. The lowest BCUT2D eigenvalue weighted by atomic mass is 10.1. The number of rotatable bonds is 10. The number of carbonyl (C=O) groups is 4. The molecule has 5 aromatic rings. The van der Waals surface area contributed by atoms with E-state index in [9.17, 15) is 29.4 Å². The molecule has 1 unspecified atom stereocenters. The van der Waals surface area contributed by atoms with Crippen LogP contribution < -0.4 is 16.0 Å². The fourth-order valence-corrected chi connectivity index (χ4v) is 5.37. The number of aromatic nitrogens is 1. The maximum Gasteiger partial charge on any atom is 0.339 e. The summed E-state index contributed by atoms with van der Waals surface area (Å²) in [5.74, 6) is -3.09. The molecule has 0 aliphatic heterocycles. The van der Waals surface area contributed by atoms with Gasteiger partial charge in [0, 0.05) is 44.5 Å². The van der Waals surface area contributed by atoms with E-state index in [1.54, 1.807) is 73.8 Å². The number of anilines is 2. The molecule has 5 rings (SSSR count). The van der Waals surface area contributed by atoms with E-state index in [4.69, 9.17) is 0 Å². The van der Waals surface area contributed by atoms with E-state index in [0.29, 0.717) is 16.1 Å². The van der Waals surface area contributed by atoms with Crippen LogP contribution in [0.2, 0.25) is 0 Å². The first kappa shape index (κ1) is 30.6. The van der Waals surface area contributed by atoms with E-state index in [1.165, 1.54) is 30.0 Å². The first-order valence-corrected chi connectivity index (χ1v) is 14.7. The van der Waals surface area contributed by atoms with E-state index in [0.717, 1.165) is 16.5 Å². The van der Waals surface area contributed by atoms with Gasteiger partial charge in [-0.3, -0.25) is 14.4 Å². The smallest absolute Gasteiger partial charge is 0.339 e. The number of aromatic carboxylic acids is 1. The molecule has 45 heavy (non-hydrogen) atoms. The maximum atomic E-state index is 13.6. The Morgan fingerprint density at radius 3 is 2.36 bits per heavy atom. The Hall–Kier alpha value is -5.81. The van der Waals surface area contributed by atoms with Crippen molar-refractivity contribution in [2.45, 2.75) is 17.1 Å². The van der Waals surface area contributed by atoms with Crippen LogP contribution in [-0.2, 0) is 9.59 Å². The molecule has 4 aromatic carbocycles. The van der Waals surface area contributed by atoms with E-state index in [2.05, 4.69) is 20.9 Å². The Labute approximate surface area is 262 Å². The first-order chi connectivity index (χ1) is 21.7. The fraction of sp³-hybridized carbons (Fsp3) is 0.0588. The Kier molecular flexibility index (Phi) is 9.30. The van der Waals surface area contributed by atoms with Crippen LogP contribution in [0.4, 0.5) is 11.4 Å². The summed E-state index contributed by atoms with van der Waals surface area (Å²) in [6.07, 6.45) is 3.37. The maximum absolute atomic E-state index is 13.6. The second-order valence-corrected chi connectivity index (χ2v) is 11.4. The monoisotopic (exact) mass is 620 g/mol. The van der Waals surface area contributed by atoms with Gasteiger partial charge in [0.05, 0.1) is 5.25 Å². The zero-order valence-corrected chi connectivity index (χ0v) is 24.7. The molecule has 6 N–H and O–H groups in total. The van der Waals surface area contributed by atoms with Crippen molar-refractivity contribution in [3.63, 3.8) is 0 Å². The normalized spacial score (nSPS) is 11.9. The number of carboxylic acid groups (broad SMARTS) is 1. The van der Waals surface area contributed by atoms with Crippen LogP contribution in [0.1, 0.15) is 33.2 Å². The van der Waals surface area contributed by atoms with Crippen LogP contribution in [0.5, 0.6) is 5.75 Å². The van der Waals surface area contributed by atoms with E-state index in [1.807, 2.05) is 24.3 Å². The Morgan fingerprint density at radius 1 is 0.844 bits per heavy atom. The predicted molar refractivity (Wildman–Crippen MR) is 174 cm³/mol. The van der Waals surface area contributed by atoms with Crippen LogP contribution in [-0.4, -0.2) is 44.1 Å². The van der Waals surface area contributed by atoms with E-state index in [-0.39, 0.29) is 22.9 Å². The Balaban J connectivity index is 1.32. The molecule has 0 saturated heterocycles. The van der Waals surface area contributed by atoms with Crippen LogP contribution >= 0.6 is 11.8 Å². The molecular weight excluding hydrogens is 592 g/mol. The van der Waals surface area contributed by atoms with Gasteiger partial charge in [0.2, 0.25) is 5.91 Å². The molecular formula is C34H28N4O6S. The third kappa shape index (κ3) is 7.59. The Bertz CT molecular complexity index is 1940. The Morgan fingerprint density at radius 2 is 1.58 bits per heavy atom. The van der Waals surface area contributed by atoms with Gasteiger partial charge in [-0.05, 0) is 67.6 Å². The van der Waals surface area contributed by atoms with Crippen molar-refractivity contribution in [2.24, 2.45) is 0 Å². The number of fused-ring (bicyclic) bond motifs is 1. The molecule has 0 spiro atoms. The van der Waals surface area contributed by atoms with Crippen molar-refractivity contribution >= 4 is 63.8 Å². The molecule has 0 saturated carbocycles. The standard InChI is InChI=1S/C34H28N4O6S/c1-20(31(40)36-24-14-15-30(39)27(18-24)34(43)44)45-25-11-7-10-23(17-25)37-33(42)29(38-32(41)21-8-3-2-4-9-21)16-22-19-35-28-13-6-5-12-26(22)28/h2-20,35,39H,1H3,(H,36,40)(H,37,42)(H,38,41)(H,43,44)/b29-16-. The lowest BCUT2D eigenvalue weighted by Crippen LogP contribution is -2.30. The van der Waals surface area contributed by atoms with Crippen molar-refractivity contribution in [1.29, 1.82) is 0 Å². The molecule has 3 amide bonds. The van der Waals surface area contributed by atoms with Gasteiger partial charge in [0.25, 0.3) is 11.8 Å². The molecule has 0 aliphatic rings. The largest absolute Gasteiger partial charge is 0.507 e. The molecule has 11 heteroatoms. The van der Waals surface area contributed by atoms with E-state index >= 15 is 0 Å². The van der Waals surface area contributed by atoms with Gasteiger partial charge in [-0.2, -0.15) is 0 Å². The van der Waals surface area contributed by atoms with Gasteiger partial charge in [0.15, 0.2) is 0 Å². The highest BCUT2D eigenvalue weighted by molar-refractivity contribution is 8.00. The highest BCUT2D eigenvalue weighted by Gasteiger charge is 2.19. The van der Waals surface area contributed by atoms with Crippen molar-refractivity contribution in [1.82, 2.24) is 10.3 Å². The molecule has 1 atom stereocenters. The number of hydrogen-bond donors (Lipinski definition) is 6. The van der Waals surface area contributed by atoms with Gasteiger partial charge in [-0.25, -0.2) is 4.79 Å². The second-order valence-electron chi connectivity index (χ2n) is 9.94. The number of thioether (sulfide) groups is 1. The summed E-state index contributed by atoms with van der Waals surface area (Å²) in [6.45, 7) is 1.69. The van der Waals surface area contributed by atoms with Gasteiger partial charge in [-0.1, -0.05) is 42.5 Å². The van der Waals surface area contributed by atoms with Crippen LogP contribution in [0, 0.1) is 0 Å². The summed E-state index contributed by atoms with van der Waals surface area (Å²) in [5, 5.41) is 27.5. The topological polar surface area (TPSA) is 161 Å². The summed E-state index contributed by atoms with van der Waals surface area (Å²) in [5.41, 5.74) is 2.39. The van der Waals surface area contributed by atoms with Gasteiger partial charge >= 0.3 is 5.97 Å². The van der Waals surface area contributed by atoms with Crippen LogP contribution in [0.25, 0.3) is 17.0 Å². The van der Waals surface area contributed by atoms with Gasteiger partial charge in [-0.15, -0.1) is 11.8 Å². The molecule has 1 aromatic heterocycles. The highest BCUT2D eigenvalue weighted by atomic mass is 32.2. The number of para-hydroxylation sites is 1. The minimum Gasteiger partial charge on any atom is -0.507 e. The van der Waals surface area contributed by atoms with Crippen molar-refractivity contribution in [3.8, 4) is 5.75 Å². The molecule has 226 valence electrons. The van der Waals surface area contributed by atoms with Crippen LogP contribution in [0.15, 0.2) is 114 Å². The minimum absolute atomic E-state index is 0.0361. The van der Waals surface area contributed by atoms with Gasteiger partial charge in [0.1, 0.15) is 17.0 Å². The SMILES string of the molecule is CC(Sc1cccc(NC(=O)/C(=C/c2c[nH]c3ccccc23)NC(=O)c2ccccc2)c1)C(=O)Nc1ccc(O)c(C(=O)O)c1. The average Bonchev–Trinajstić information content (AvgIpc) is 3.44. The molecule has 0 radical (unpaired) electrons. The number of H-pyrrole nitrogens is 1. The summed E-state index contributed by atoms with van der Waals surface area (Å²) in [6, 6.07) is 26.9. The second kappa shape index (κ2) is 13.7. The van der Waals surface area contributed by atoms with Crippen molar-refractivity contribution in [3.05, 3.63) is 126 Å². The highest BCUT2D eigenvalue weighted by Crippen LogP contribution is 2.28. The number of phenols is 1. The third-order valence-electron chi connectivity index (χ3n) is 6.72. The number of benzene rings is 4. The summed E-state index contributed by atoms with van der Waals surface area (Å²) in [4.78, 5) is 54.6. The number of amides is 3. The number of carboxylic acids is 1. The molecule has 10 nitrogen and oxygen atoms in total. The number of hydrogen-bond acceptors (Lipinski definition) is 6. The number of carbonyl (C=O) groups excluding carboxylic acids is 3. The third-order valence-corrected chi connectivity index (χ3v) is 7.81. The number of aromatic amines is 1. The molecule has 0 bridgehead atoms. The molecule has 1 heterocycles. The van der Waals surface area contributed by atoms with E-state index < -0.39 is 28.8 Å². The fourth-order valence-electron chi connectivity index (χ4n) is 4.44. The zero-order valence-electron chi connectivity index (χ0n) is 23.9. The first-order valence-electron chi connectivity index (χ1n) is 13.8. The summed E-state index contributed by atoms with van der Waals surface area (Å²) >= 11 is 1.23. The molecule has 0 aliphatic carbocycles. The quantitative estimate of drug-likeness (QED) is 0.0625. The minimum atomic E-state index is -1.32. The average molecular weight is 621 g/mol. The van der Waals surface area contributed by atoms with Crippen molar-refractivity contribution in [2.75, 3.05) is 10.6 Å². The zero-order chi connectivity index (χ0) is 31.9. The lowest BCUT2D eigenvalue weighted by Gasteiger charge is -2.14. The van der Waals surface area contributed by atoms with Gasteiger partial charge < -0.3 is 31.1 Å². The van der Waals surface area contributed by atoms with Crippen LogP contribution in [0.3, 0.4) is 0 Å². The predicted octanol–water partition coefficient (Wildman–Crippen LogP) is 6.10. The molecule has 0 fully saturated rings. The van der Waals surface area contributed by atoms with Crippen molar-refractivity contribution < 1.29 is 29.4 Å². The lowest BCUT2D eigenvalue weighted by molar-refractivity contribution is -0.115. The number of nitrogens with one attached hydrogen (secondary N) is 4. The summed E-state index contributed by atoms with van der Waals surface area (Å²) < 4.78 is 0. The number of aromatic hydroxyl groups is 1.